The molecule has 0 N–H and O–H groups in total. The second-order valence-corrected chi connectivity index (χ2v) is 3.77. The summed E-state index contributed by atoms with van der Waals surface area (Å²) in [5.74, 6) is 0.285. The van der Waals surface area contributed by atoms with Gasteiger partial charge in [-0.15, -0.1) is 11.6 Å². The molecule has 3 heteroatoms. The lowest BCUT2D eigenvalue weighted by molar-refractivity contribution is 0.627. The van der Waals surface area contributed by atoms with Gasteiger partial charge in [-0.3, -0.25) is 0 Å². The van der Waals surface area contributed by atoms with E-state index in [1.54, 1.807) is 6.07 Å². The molecule has 0 atom stereocenters. The Bertz CT molecular complexity index is 345. The third-order valence-electron chi connectivity index (χ3n) is 1.91. The predicted octanol–water partition coefficient (Wildman–Crippen LogP) is 4.51. The lowest BCUT2D eigenvalue weighted by Gasteiger charge is -2.04. The van der Waals surface area contributed by atoms with Crippen LogP contribution in [-0.2, 0) is 0 Å². The molecule has 0 saturated heterocycles. The number of halogens is 3. The number of hydrogen-bond donors (Lipinski definition) is 0. The number of benzene rings is 1. The quantitative estimate of drug-likeness (QED) is 0.673. The Balaban J connectivity index is 2.99. The van der Waals surface area contributed by atoms with E-state index in [9.17, 15) is 4.39 Å². The molecule has 14 heavy (non-hydrogen) atoms. The van der Waals surface area contributed by atoms with E-state index in [1.807, 2.05) is 13.0 Å². The van der Waals surface area contributed by atoms with E-state index < -0.39 is 0 Å². The van der Waals surface area contributed by atoms with Crippen molar-refractivity contribution >= 4 is 28.8 Å². The van der Waals surface area contributed by atoms with Crippen LogP contribution in [0.3, 0.4) is 0 Å². The smallest absolute Gasteiger partial charge is 0.123 e. The van der Waals surface area contributed by atoms with Crippen molar-refractivity contribution in [3.8, 4) is 0 Å². The molecule has 0 heterocycles. The van der Waals surface area contributed by atoms with Gasteiger partial charge in [-0.05, 0) is 42.7 Å². The second kappa shape index (κ2) is 5.38. The van der Waals surface area contributed by atoms with Crippen LogP contribution in [0, 0.1) is 5.82 Å². The van der Waals surface area contributed by atoms with Gasteiger partial charge in [0.25, 0.3) is 0 Å². The van der Waals surface area contributed by atoms with E-state index >= 15 is 0 Å². The van der Waals surface area contributed by atoms with Gasteiger partial charge in [0, 0.05) is 10.9 Å². The van der Waals surface area contributed by atoms with Crippen molar-refractivity contribution in [3.05, 3.63) is 40.7 Å². The van der Waals surface area contributed by atoms with Gasteiger partial charge in [-0.2, -0.15) is 0 Å². The summed E-state index contributed by atoms with van der Waals surface area (Å²) in [6.07, 6.45) is 2.72. The molecule has 0 unspecified atom stereocenters. The summed E-state index contributed by atoms with van der Waals surface area (Å²) in [4.78, 5) is 0. The topological polar surface area (TPSA) is 0 Å². The first-order valence-corrected chi connectivity index (χ1v) is 5.24. The molecule has 0 aromatic heterocycles. The van der Waals surface area contributed by atoms with Crippen LogP contribution in [0.1, 0.15) is 18.9 Å². The van der Waals surface area contributed by atoms with Crippen molar-refractivity contribution < 1.29 is 4.39 Å². The molecule has 0 bridgehead atoms. The van der Waals surface area contributed by atoms with Crippen molar-refractivity contribution in [1.29, 1.82) is 0 Å². The van der Waals surface area contributed by atoms with E-state index in [0.29, 0.717) is 10.9 Å². The van der Waals surface area contributed by atoms with E-state index in [2.05, 4.69) is 0 Å². The zero-order valence-corrected chi connectivity index (χ0v) is 9.37. The molecule has 1 aromatic rings. The van der Waals surface area contributed by atoms with Crippen LogP contribution in [0.4, 0.5) is 4.39 Å². The van der Waals surface area contributed by atoms with E-state index in [-0.39, 0.29) is 5.82 Å². The van der Waals surface area contributed by atoms with Crippen LogP contribution in [0.5, 0.6) is 0 Å². The molecular formula is C11H11Cl2F. The van der Waals surface area contributed by atoms with Crippen LogP contribution in [0.2, 0.25) is 5.02 Å². The molecule has 76 valence electrons. The van der Waals surface area contributed by atoms with Crippen molar-refractivity contribution in [1.82, 2.24) is 0 Å². The molecule has 0 nitrogen and oxygen atoms in total. The highest BCUT2D eigenvalue weighted by atomic mass is 35.5. The van der Waals surface area contributed by atoms with Crippen molar-refractivity contribution in [2.45, 2.75) is 13.3 Å². The highest BCUT2D eigenvalue weighted by molar-refractivity contribution is 6.32. The van der Waals surface area contributed by atoms with Crippen LogP contribution >= 0.6 is 23.2 Å². The van der Waals surface area contributed by atoms with Gasteiger partial charge in [0.1, 0.15) is 5.82 Å². The Morgan fingerprint density at radius 3 is 2.86 bits per heavy atom. The van der Waals surface area contributed by atoms with Gasteiger partial charge < -0.3 is 0 Å². The third-order valence-corrected chi connectivity index (χ3v) is 2.46. The molecular weight excluding hydrogens is 222 g/mol. The Morgan fingerprint density at radius 1 is 1.50 bits per heavy atom. The van der Waals surface area contributed by atoms with Crippen LogP contribution in [0.25, 0.3) is 5.57 Å². The minimum atomic E-state index is -0.275. The van der Waals surface area contributed by atoms with Crippen LogP contribution < -0.4 is 0 Å². The highest BCUT2D eigenvalue weighted by Gasteiger charge is 2.03. The van der Waals surface area contributed by atoms with Crippen molar-refractivity contribution in [2.24, 2.45) is 0 Å². The van der Waals surface area contributed by atoms with Gasteiger partial charge in [0.2, 0.25) is 0 Å². The molecule has 0 aliphatic heterocycles. The summed E-state index contributed by atoms with van der Waals surface area (Å²) < 4.78 is 12.9. The van der Waals surface area contributed by atoms with E-state index in [1.165, 1.54) is 12.1 Å². The fourth-order valence-electron chi connectivity index (χ4n) is 1.18. The van der Waals surface area contributed by atoms with Crippen LogP contribution in [0.15, 0.2) is 24.3 Å². The number of rotatable bonds is 3. The Hall–Kier alpha value is -0.530. The Kier molecular flexibility index (Phi) is 4.43. The lowest BCUT2D eigenvalue weighted by Crippen LogP contribution is -1.85. The Labute approximate surface area is 93.3 Å². The van der Waals surface area contributed by atoms with Gasteiger partial charge in [0.05, 0.1) is 0 Å². The maximum Gasteiger partial charge on any atom is 0.123 e. The fourth-order valence-corrected chi connectivity index (χ4v) is 1.56. The summed E-state index contributed by atoms with van der Waals surface area (Å²) in [6, 6.07) is 4.34. The largest absolute Gasteiger partial charge is 0.207 e. The standard InChI is InChI=1S/C11H11Cl2F/c1-8(3-2-6-12)10-7-9(14)4-5-11(10)13/h3-5,7H,2,6H2,1H3/b8-3-. The molecule has 0 fully saturated rings. The lowest BCUT2D eigenvalue weighted by atomic mass is 10.1. The molecule has 0 radical (unpaired) electrons. The minimum absolute atomic E-state index is 0.275. The maximum atomic E-state index is 12.9. The minimum Gasteiger partial charge on any atom is -0.207 e. The van der Waals surface area contributed by atoms with Gasteiger partial charge in [-0.25, -0.2) is 4.39 Å². The summed E-state index contributed by atoms with van der Waals surface area (Å²) in [5.41, 5.74) is 1.69. The zero-order chi connectivity index (χ0) is 10.6. The summed E-state index contributed by atoms with van der Waals surface area (Å²) in [5, 5.41) is 0.565. The highest BCUT2D eigenvalue weighted by Crippen LogP contribution is 2.24. The molecule has 0 aliphatic rings. The predicted molar refractivity (Wildman–Crippen MR) is 60.4 cm³/mol. The SMILES string of the molecule is C/C(=C/CCCl)c1cc(F)ccc1Cl. The summed E-state index contributed by atoms with van der Waals surface area (Å²) in [6.45, 7) is 1.90. The number of alkyl halides is 1. The van der Waals surface area contributed by atoms with E-state index in [4.69, 9.17) is 23.2 Å². The van der Waals surface area contributed by atoms with Crippen molar-refractivity contribution in [2.75, 3.05) is 5.88 Å². The van der Waals surface area contributed by atoms with Crippen molar-refractivity contribution in [3.63, 3.8) is 0 Å². The monoisotopic (exact) mass is 232 g/mol. The first kappa shape index (κ1) is 11.5. The Morgan fingerprint density at radius 2 is 2.21 bits per heavy atom. The first-order valence-electron chi connectivity index (χ1n) is 4.33. The van der Waals surface area contributed by atoms with Gasteiger partial charge >= 0.3 is 0 Å². The molecule has 0 saturated carbocycles. The number of hydrogen-bond acceptors (Lipinski definition) is 0. The maximum absolute atomic E-state index is 12.9. The first-order chi connectivity index (χ1) is 6.65. The molecule has 0 amide bonds. The molecule has 0 aliphatic carbocycles. The van der Waals surface area contributed by atoms with Gasteiger partial charge in [-0.1, -0.05) is 17.7 Å². The fraction of sp³-hybridized carbons (Fsp3) is 0.273. The van der Waals surface area contributed by atoms with Crippen LogP contribution in [-0.4, -0.2) is 5.88 Å². The average molecular weight is 233 g/mol. The summed E-state index contributed by atoms with van der Waals surface area (Å²) >= 11 is 11.5. The zero-order valence-electron chi connectivity index (χ0n) is 7.86. The van der Waals surface area contributed by atoms with E-state index in [0.717, 1.165) is 17.6 Å². The normalized spacial score (nSPS) is 11.9. The molecule has 0 spiro atoms. The third kappa shape index (κ3) is 3.00. The summed E-state index contributed by atoms with van der Waals surface area (Å²) in [7, 11) is 0. The average Bonchev–Trinajstić information content (AvgIpc) is 2.18. The number of allylic oxidation sites excluding steroid dienone is 2. The molecule has 1 rings (SSSR count). The van der Waals surface area contributed by atoms with Gasteiger partial charge in [0.15, 0.2) is 0 Å². The second-order valence-electron chi connectivity index (χ2n) is 2.99. The molecule has 1 aromatic carbocycles.